The molecule has 0 aliphatic carbocycles. The van der Waals surface area contributed by atoms with Crippen LogP contribution in [0.2, 0.25) is 0 Å². The zero-order chi connectivity index (χ0) is 14.3. The first-order chi connectivity index (χ1) is 9.06. The topological polar surface area (TPSA) is 89.9 Å². The zero-order valence-electron chi connectivity index (χ0n) is 10.9. The van der Waals surface area contributed by atoms with Crippen LogP contribution in [0.25, 0.3) is 0 Å². The van der Waals surface area contributed by atoms with Gasteiger partial charge in [0.1, 0.15) is 0 Å². The van der Waals surface area contributed by atoms with Crippen LogP contribution in [0.15, 0.2) is 29.2 Å². The number of nitrogens with one attached hydrogen (secondary N) is 1. The van der Waals surface area contributed by atoms with E-state index in [0.29, 0.717) is 0 Å². The monoisotopic (exact) mass is 288 g/mol. The van der Waals surface area contributed by atoms with Gasteiger partial charge in [-0.2, -0.15) is 4.31 Å². The summed E-state index contributed by atoms with van der Waals surface area (Å²) < 4.78 is 25.6. The first-order valence-electron chi connectivity index (χ1n) is 6.12. The zero-order valence-corrected chi connectivity index (χ0v) is 11.7. The van der Waals surface area contributed by atoms with Crippen LogP contribution in [-0.4, -0.2) is 55.8 Å². The Morgan fingerprint density at radius 2 is 1.63 bits per heavy atom. The second-order valence-electron chi connectivity index (χ2n) is 3.91. The van der Waals surface area contributed by atoms with Crippen molar-refractivity contribution in [3.05, 3.63) is 24.3 Å². The van der Waals surface area contributed by atoms with Crippen LogP contribution in [0.1, 0.15) is 6.92 Å². The molecule has 1 rings (SSSR count). The molecule has 0 amide bonds. The van der Waals surface area contributed by atoms with Gasteiger partial charge in [-0.15, -0.1) is 0 Å². The van der Waals surface area contributed by atoms with Gasteiger partial charge in [0.05, 0.1) is 18.1 Å². The van der Waals surface area contributed by atoms with E-state index < -0.39 is 10.0 Å². The summed E-state index contributed by atoms with van der Waals surface area (Å²) in [6, 6.07) is 6.39. The van der Waals surface area contributed by atoms with Crippen molar-refractivity contribution in [2.45, 2.75) is 11.8 Å². The van der Waals surface area contributed by atoms with E-state index in [1.54, 1.807) is 12.1 Å². The molecule has 0 radical (unpaired) electrons. The molecule has 7 heteroatoms. The van der Waals surface area contributed by atoms with Crippen molar-refractivity contribution >= 4 is 15.7 Å². The summed E-state index contributed by atoms with van der Waals surface area (Å²) in [7, 11) is -3.67. The Bertz CT molecular complexity index is 467. The molecule has 0 heterocycles. The molecule has 108 valence electrons. The minimum Gasteiger partial charge on any atom is -0.395 e. The molecule has 0 spiro atoms. The van der Waals surface area contributed by atoms with Gasteiger partial charge in [0, 0.05) is 25.3 Å². The van der Waals surface area contributed by atoms with Gasteiger partial charge in [0.25, 0.3) is 0 Å². The minimum absolute atomic E-state index is 0.0299. The van der Waals surface area contributed by atoms with Crippen LogP contribution in [0.4, 0.5) is 5.69 Å². The summed E-state index contributed by atoms with van der Waals surface area (Å²) in [6.45, 7) is 2.08. The van der Waals surface area contributed by atoms with Crippen LogP contribution in [0.5, 0.6) is 0 Å². The molecule has 0 saturated carbocycles. The summed E-state index contributed by atoms with van der Waals surface area (Å²) >= 11 is 0. The minimum atomic E-state index is -3.67. The molecule has 0 aromatic heterocycles. The number of hydrogen-bond donors (Lipinski definition) is 3. The van der Waals surface area contributed by atoms with Crippen molar-refractivity contribution in [3.63, 3.8) is 0 Å². The number of anilines is 1. The van der Waals surface area contributed by atoms with Crippen LogP contribution in [0.3, 0.4) is 0 Å². The average molecular weight is 288 g/mol. The molecule has 19 heavy (non-hydrogen) atoms. The quantitative estimate of drug-likeness (QED) is 0.631. The molecule has 0 saturated heterocycles. The van der Waals surface area contributed by atoms with E-state index in [9.17, 15) is 8.42 Å². The first-order valence-corrected chi connectivity index (χ1v) is 7.56. The fourth-order valence-electron chi connectivity index (χ4n) is 1.67. The lowest BCUT2D eigenvalue weighted by atomic mass is 10.3. The predicted octanol–water partition coefficient (Wildman–Crippen LogP) is 0.0937. The van der Waals surface area contributed by atoms with Crippen LogP contribution < -0.4 is 5.32 Å². The van der Waals surface area contributed by atoms with Crippen molar-refractivity contribution in [1.29, 1.82) is 0 Å². The second-order valence-corrected chi connectivity index (χ2v) is 5.84. The fourth-order valence-corrected chi connectivity index (χ4v) is 3.10. The highest BCUT2D eigenvalue weighted by Crippen LogP contribution is 2.18. The van der Waals surface area contributed by atoms with E-state index in [0.717, 1.165) is 16.5 Å². The molecule has 0 fully saturated rings. The summed E-state index contributed by atoms with van der Waals surface area (Å²) in [4.78, 5) is 0.149. The van der Waals surface area contributed by atoms with Crippen LogP contribution in [0, 0.1) is 0 Å². The maximum Gasteiger partial charge on any atom is 0.243 e. The predicted molar refractivity (Wildman–Crippen MR) is 73.5 cm³/mol. The number of benzene rings is 1. The van der Waals surface area contributed by atoms with Crippen molar-refractivity contribution in [3.8, 4) is 0 Å². The van der Waals surface area contributed by atoms with Gasteiger partial charge in [-0.25, -0.2) is 8.42 Å². The highest BCUT2D eigenvalue weighted by Gasteiger charge is 2.23. The highest BCUT2D eigenvalue weighted by molar-refractivity contribution is 7.89. The van der Waals surface area contributed by atoms with Crippen molar-refractivity contribution in [2.75, 3.05) is 38.2 Å². The molecule has 6 nitrogen and oxygen atoms in total. The van der Waals surface area contributed by atoms with E-state index in [4.69, 9.17) is 10.2 Å². The molecular formula is C12H20N2O4S. The van der Waals surface area contributed by atoms with Crippen molar-refractivity contribution < 1.29 is 18.6 Å². The molecule has 0 bridgehead atoms. The van der Waals surface area contributed by atoms with E-state index in [-0.39, 0.29) is 31.2 Å². The van der Waals surface area contributed by atoms with Gasteiger partial charge in [-0.05, 0) is 31.2 Å². The Hall–Kier alpha value is -1.15. The first kappa shape index (κ1) is 15.9. The number of aliphatic hydroxyl groups is 2. The standard InChI is InChI=1S/C12H20N2O4S/c1-2-13-11-3-5-12(6-4-11)19(17,18)14(7-9-15)8-10-16/h3-6,13,15-16H,2,7-10H2,1H3. The number of aliphatic hydroxyl groups excluding tert-OH is 2. The Kier molecular flexibility index (Phi) is 6.23. The van der Waals surface area contributed by atoms with Gasteiger partial charge in [-0.3, -0.25) is 0 Å². The fraction of sp³-hybridized carbons (Fsp3) is 0.500. The van der Waals surface area contributed by atoms with Crippen molar-refractivity contribution in [1.82, 2.24) is 4.31 Å². The van der Waals surface area contributed by atoms with E-state index in [2.05, 4.69) is 5.32 Å². The third-order valence-corrected chi connectivity index (χ3v) is 4.48. The summed E-state index contributed by atoms with van der Waals surface area (Å²) in [5, 5.41) is 20.9. The summed E-state index contributed by atoms with van der Waals surface area (Å²) in [6.07, 6.45) is 0. The second kappa shape index (κ2) is 7.44. The van der Waals surface area contributed by atoms with Gasteiger partial charge in [0.15, 0.2) is 0 Å². The molecule has 3 N–H and O–H groups in total. The smallest absolute Gasteiger partial charge is 0.243 e. The molecule has 0 aliphatic heterocycles. The Morgan fingerprint density at radius 1 is 1.11 bits per heavy atom. The lowest BCUT2D eigenvalue weighted by molar-refractivity contribution is 0.217. The SMILES string of the molecule is CCNc1ccc(S(=O)(=O)N(CCO)CCO)cc1. The number of nitrogens with zero attached hydrogens (tertiary/aromatic N) is 1. The molecule has 1 aromatic carbocycles. The van der Waals surface area contributed by atoms with Gasteiger partial charge < -0.3 is 15.5 Å². The summed E-state index contributed by atoms with van der Waals surface area (Å²) in [5.74, 6) is 0. The van der Waals surface area contributed by atoms with Gasteiger partial charge in [-0.1, -0.05) is 0 Å². The van der Waals surface area contributed by atoms with E-state index in [1.165, 1.54) is 12.1 Å². The van der Waals surface area contributed by atoms with Gasteiger partial charge >= 0.3 is 0 Å². The lowest BCUT2D eigenvalue weighted by Gasteiger charge is -2.20. The maximum absolute atomic E-state index is 12.3. The van der Waals surface area contributed by atoms with Gasteiger partial charge in [0.2, 0.25) is 10.0 Å². The highest BCUT2D eigenvalue weighted by atomic mass is 32.2. The third-order valence-electron chi connectivity index (χ3n) is 2.57. The third kappa shape index (κ3) is 4.17. The Morgan fingerprint density at radius 3 is 2.05 bits per heavy atom. The normalized spacial score (nSPS) is 11.8. The largest absolute Gasteiger partial charge is 0.395 e. The molecule has 0 atom stereocenters. The number of rotatable bonds is 8. The maximum atomic E-state index is 12.3. The van der Waals surface area contributed by atoms with Crippen LogP contribution >= 0.6 is 0 Å². The molecular weight excluding hydrogens is 268 g/mol. The Balaban J connectivity index is 2.96. The molecule has 1 aromatic rings. The van der Waals surface area contributed by atoms with E-state index in [1.807, 2.05) is 6.92 Å². The number of hydrogen-bond acceptors (Lipinski definition) is 5. The Labute approximate surface area is 113 Å². The molecule has 0 aliphatic rings. The summed E-state index contributed by atoms with van der Waals surface area (Å²) in [5.41, 5.74) is 0.845. The van der Waals surface area contributed by atoms with E-state index >= 15 is 0 Å². The molecule has 0 unspecified atom stereocenters. The average Bonchev–Trinajstić information content (AvgIpc) is 2.39. The van der Waals surface area contributed by atoms with Crippen molar-refractivity contribution in [2.24, 2.45) is 0 Å². The lowest BCUT2D eigenvalue weighted by Crippen LogP contribution is -2.35. The number of sulfonamides is 1. The van der Waals surface area contributed by atoms with Crippen LogP contribution in [-0.2, 0) is 10.0 Å².